The smallest absolute Gasteiger partial charge is 0.312 e. The van der Waals surface area contributed by atoms with Gasteiger partial charge < -0.3 is 5.32 Å². The third kappa shape index (κ3) is 3.06. The van der Waals surface area contributed by atoms with E-state index in [0.717, 1.165) is 28.8 Å². The maximum absolute atomic E-state index is 12.4. The van der Waals surface area contributed by atoms with Gasteiger partial charge in [0.05, 0.1) is 5.56 Å². The number of hydrogen-bond acceptors (Lipinski definition) is 2. The molecule has 90 valence electrons. The number of thioether (sulfide) groups is 1. The molecule has 1 nitrogen and oxygen atoms in total. The molecule has 0 fully saturated rings. The molecule has 0 unspecified atom stereocenters. The number of fused-ring (bicyclic) bond motifs is 1. The highest BCUT2D eigenvalue weighted by molar-refractivity contribution is 7.99. The fourth-order valence-corrected chi connectivity index (χ4v) is 2.44. The van der Waals surface area contributed by atoms with Gasteiger partial charge in [-0.1, -0.05) is 0 Å². The molecule has 6 heteroatoms. The molecule has 1 aliphatic rings. The van der Waals surface area contributed by atoms with Gasteiger partial charge in [0.15, 0.2) is 0 Å². The number of rotatable bonds is 0. The molecule has 0 atom stereocenters. The van der Waals surface area contributed by atoms with Gasteiger partial charge in [-0.2, -0.15) is 13.2 Å². The van der Waals surface area contributed by atoms with E-state index >= 15 is 0 Å². The van der Waals surface area contributed by atoms with Gasteiger partial charge in [-0.3, -0.25) is 0 Å². The lowest BCUT2D eigenvalue weighted by molar-refractivity contribution is -0.137. The first kappa shape index (κ1) is 13.7. The Morgan fingerprint density at radius 1 is 1.25 bits per heavy atom. The number of benzene rings is 1. The number of alkyl halides is 3. The second kappa shape index (κ2) is 5.29. The van der Waals surface area contributed by atoms with Gasteiger partial charge in [-0.15, -0.1) is 24.2 Å². The second-order valence-electron chi connectivity index (χ2n) is 3.35. The first-order valence-electron chi connectivity index (χ1n) is 4.61. The summed E-state index contributed by atoms with van der Waals surface area (Å²) in [4.78, 5) is 0.952. The molecular formula is C10H11ClF3NS. The van der Waals surface area contributed by atoms with Crippen LogP contribution in [-0.2, 0) is 12.7 Å². The van der Waals surface area contributed by atoms with Gasteiger partial charge in [0.1, 0.15) is 0 Å². The number of hydrogen-bond donors (Lipinski definition) is 1. The molecule has 16 heavy (non-hydrogen) atoms. The van der Waals surface area contributed by atoms with Crippen LogP contribution in [-0.4, -0.2) is 12.3 Å². The lowest BCUT2D eigenvalue weighted by Crippen LogP contribution is -2.14. The minimum absolute atomic E-state index is 0. The largest absolute Gasteiger partial charge is 0.416 e. The van der Waals surface area contributed by atoms with Crippen LogP contribution >= 0.6 is 24.2 Å². The fraction of sp³-hybridized carbons (Fsp3) is 0.400. The van der Waals surface area contributed by atoms with Crippen molar-refractivity contribution in [3.63, 3.8) is 0 Å². The van der Waals surface area contributed by atoms with E-state index < -0.39 is 11.7 Å². The molecule has 0 aromatic heterocycles. The lowest BCUT2D eigenvalue weighted by atomic mass is 10.1. The van der Waals surface area contributed by atoms with Gasteiger partial charge in [-0.25, -0.2) is 0 Å². The molecule has 0 bridgehead atoms. The zero-order valence-corrected chi connectivity index (χ0v) is 9.94. The molecule has 0 amide bonds. The van der Waals surface area contributed by atoms with Crippen LogP contribution in [0, 0.1) is 0 Å². The van der Waals surface area contributed by atoms with Crippen molar-refractivity contribution in [2.24, 2.45) is 0 Å². The van der Waals surface area contributed by atoms with E-state index in [1.807, 2.05) is 0 Å². The summed E-state index contributed by atoms with van der Waals surface area (Å²) in [6.45, 7) is 1.35. The summed E-state index contributed by atoms with van der Waals surface area (Å²) in [6, 6.07) is 3.95. The highest BCUT2D eigenvalue weighted by Gasteiger charge is 2.31. The molecule has 2 rings (SSSR count). The van der Waals surface area contributed by atoms with Crippen molar-refractivity contribution >= 4 is 24.2 Å². The zero-order valence-electron chi connectivity index (χ0n) is 8.30. The first-order valence-corrected chi connectivity index (χ1v) is 5.59. The summed E-state index contributed by atoms with van der Waals surface area (Å²) in [5.41, 5.74) is 0.179. The van der Waals surface area contributed by atoms with E-state index in [-0.39, 0.29) is 12.4 Å². The maximum Gasteiger partial charge on any atom is 0.416 e. The molecule has 0 radical (unpaired) electrons. The van der Waals surface area contributed by atoms with E-state index in [1.165, 1.54) is 6.07 Å². The van der Waals surface area contributed by atoms with Crippen molar-refractivity contribution in [1.82, 2.24) is 5.32 Å². The minimum Gasteiger partial charge on any atom is -0.312 e. The van der Waals surface area contributed by atoms with Gasteiger partial charge in [-0.05, 0) is 23.8 Å². The highest BCUT2D eigenvalue weighted by atomic mass is 35.5. The monoisotopic (exact) mass is 269 g/mol. The Morgan fingerprint density at radius 3 is 2.69 bits per heavy atom. The van der Waals surface area contributed by atoms with Gasteiger partial charge in [0.25, 0.3) is 0 Å². The van der Waals surface area contributed by atoms with E-state index in [0.29, 0.717) is 6.54 Å². The molecule has 0 spiro atoms. The summed E-state index contributed by atoms with van der Waals surface area (Å²) in [5.74, 6) is 0.901. The Morgan fingerprint density at radius 2 is 2.00 bits per heavy atom. The third-order valence-electron chi connectivity index (χ3n) is 2.24. The zero-order chi connectivity index (χ0) is 10.9. The van der Waals surface area contributed by atoms with Gasteiger partial charge in [0, 0.05) is 23.7 Å². The van der Waals surface area contributed by atoms with E-state index in [9.17, 15) is 13.2 Å². The number of halogens is 4. The topological polar surface area (TPSA) is 12.0 Å². The van der Waals surface area contributed by atoms with Crippen LogP contribution in [0.15, 0.2) is 23.1 Å². The van der Waals surface area contributed by atoms with Crippen molar-refractivity contribution in [2.45, 2.75) is 17.6 Å². The molecular weight excluding hydrogens is 259 g/mol. The van der Waals surface area contributed by atoms with Crippen LogP contribution in [0.2, 0.25) is 0 Å². The Kier molecular flexibility index (Phi) is 4.52. The Bertz CT molecular complexity index is 368. The average molecular weight is 270 g/mol. The molecule has 0 saturated heterocycles. The lowest BCUT2D eigenvalue weighted by Gasteiger charge is -2.10. The summed E-state index contributed by atoms with van der Waals surface area (Å²) in [6.07, 6.45) is -4.24. The van der Waals surface area contributed by atoms with Crippen LogP contribution in [0.1, 0.15) is 11.1 Å². The van der Waals surface area contributed by atoms with Crippen molar-refractivity contribution in [1.29, 1.82) is 0 Å². The highest BCUT2D eigenvalue weighted by Crippen LogP contribution is 2.33. The summed E-state index contributed by atoms with van der Waals surface area (Å²) in [7, 11) is 0. The maximum atomic E-state index is 12.4. The van der Waals surface area contributed by atoms with Crippen LogP contribution in [0.4, 0.5) is 13.2 Å². The molecule has 1 heterocycles. The predicted molar refractivity (Wildman–Crippen MR) is 61.1 cm³/mol. The number of nitrogens with one attached hydrogen (secondary N) is 1. The van der Waals surface area contributed by atoms with E-state index in [4.69, 9.17) is 0 Å². The quantitative estimate of drug-likeness (QED) is 0.775. The molecule has 0 aliphatic carbocycles. The minimum atomic E-state index is -4.24. The van der Waals surface area contributed by atoms with Crippen LogP contribution < -0.4 is 5.32 Å². The molecule has 0 saturated carbocycles. The average Bonchev–Trinajstić information content (AvgIpc) is 2.39. The van der Waals surface area contributed by atoms with Crippen molar-refractivity contribution in [3.05, 3.63) is 29.3 Å². The molecule has 1 aliphatic heterocycles. The summed E-state index contributed by atoms with van der Waals surface area (Å²) >= 11 is 1.60. The molecule has 1 N–H and O–H groups in total. The predicted octanol–water partition coefficient (Wildman–Crippen LogP) is 3.32. The molecule has 1 aromatic rings. The first-order chi connectivity index (χ1) is 7.07. The Balaban J connectivity index is 0.00000128. The van der Waals surface area contributed by atoms with Gasteiger partial charge in [0.2, 0.25) is 0 Å². The molecule has 1 aromatic carbocycles. The van der Waals surface area contributed by atoms with Crippen LogP contribution in [0.3, 0.4) is 0 Å². The standard InChI is InChI=1S/C10H10F3NS.ClH/c11-10(12,13)8-1-2-9-7(5-8)6-14-3-4-15-9;/h1-2,5,14H,3-4,6H2;1H. The van der Waals surface area contributed by atoms with Crippen molar-refractivity contribution in [3.8, 4) is 0 Å². The Labute approximate surface area is 102 Å². The van der Waals surface area contributed by atoms with Gasteiger partial charge >= 0.3 is 6.18 Å². The van der Waals surface area contributed by atoms with E-state index in [1.54, 1.807) is 17.8 Å². The van der Waals surface area contributed by atoms with E-state index in [2.05, 4.69) is 5.32 Å². The summed E-state index contributed by atoms with van der Waals surface area (Å²) in [5, 5.41) is 3.09. The summed E-state index contributed by atoms with van der Waals surface area (Å²) < 4.78 is 37.3. The normalized spacial score (nSPS) is 15.9. The fourth-order valence-electron chi connectivity index (χ4n) is 1.49. The van der Waals surface area contributed by atoms with Crippen LogP contribution in [0.25, 0.3) is 0 Å². The van der Waals surface area contributed by atoms with Crippen LogP contribution in [0.5, 0.6) is 0 Å². The van der Waals surface area contributed by atoms with Crippen molar-refractivity contribution in [2.75, 3.05) is 12.3 Å². The SMILES string of the molecule is Cl.FC(F)(F)c1ccc2c(c1)CNCCS2. The Hall–Kier alpha value is -0.390. The second-order valence-corrected chi connectivity index (χ2v) is 4.48. The third-order valence-corrected chi connectivity index (χ3v) is 3.36. The van der Waals surface area contributed by atoms with Crippen molar-refractivity contribution < 1.29 is 13.2 Å².